The highest BCUT2D eigenvalue weighted by Gasteiger charge is 2.32. The second-order valence-electron chi connectivity index (χ2n) is 6.17. The van der Waals surface area contributed by atoms with Gasteiger partial charge in [0.15, 0.2) is 5.96 Å². The number of nitrogens with one attached hydrogen (secondary N) is 2. The zero-order valence-electron chi connectivity index (χ0n) is 15.2. The van der Waals surface area contributed by atoms with Gasteiger partial charge in [-0.05, 0) is 24.5 Å². The molecule has 1 fully saturated rings. The average molecular weight is 333 g/mol. The van der Waals surface area contributed by atoms with Gasteiger partial charge >= 0.3 is 0 Å². The fourth-order valence-corrected chi connectivity index (χ4v) is 3.00. The van der Waals surface area contributed by atoms with E-state index in [-0.39, 0.29) is 5.60 Å². The lowest BCUT2D eigenvalue weighted by Gasteiger charge is -2.36. The van der Waals surface area contributed by atoms with Crippen molar-refractivity contribution in [2.24, 2.45) is 4.99 Å². The topological polar surface area (TPSA) is 54.9 Å². The van der Waals surface area contributed by atoms with E-state index in [0.717, 1.165) is 51.5 Å². The van der Waals surface area contributed by atoms with Gasteiger partial charge in [0.1, 0.15) is 0 Å². The summed E-state index contributed by atoms with van der Waals surface area (Å²) in [7, 11) is 1.79. The van der Waals surface area contributed by atoms with E-state index in [4.69, 9.17) is 14.5 Å². The molecule has 1 heterocycles. The van der Waals surface area contributed by atoms with Crippen LogP contribution in [0.15, 0.2) is 29.3 Å². The standard InChI is InChI=1S/C19H31N3O2/c1-4-16-8-6-7-9-17(16)14-21-18(20-5-2)22-15-19(23-3)10-12-24-13-11-19/h6-9H,4-5,10-15H2,1-3H3,(H2,20,21,22). The Balaban J connectivity index is 2.00. The van der Waals surface area contributed by atoms with Crippen LogP contribution in [0.1, 0.15) is 37.8 Å². The monoisotopic (exact) mass is 333 g/mol. The number of ether oxygens (including phenoxy) is 2. The van der Waals surface area contributed by atoms with Gasteiger partial charge in [-0.15, -0.1) is 0 Å². The molecule has 1 aliphatic rings. The number of aryl methyl sites for hydroxylation is 1. The second-order valence-corrected chi connectivity index (χ2v) is 6.17. The van der Waals surface area contributed by atoms with Crippen LogP contribution in [0, 0.1) is 0 Å². The summed E-state index contributed by atoms with van der Waals surface area (Å²) in [5.41, 5.74) is 2.48. The molecule has 5 heteroatoms. The molecule has 0 amide bonds. The van der Waals surface area contributed by atoms with Crippen LogP contribution in [-0.2, 0) is 22.4 Å². The average Bonchev–Trinajstić information content (AvgIpc) is 2.65. The summed E-state index contributed by atoms with van der Waals surface area (Å²) in [6.45, 7) is 8.04. The summed E-state index contributed by atoms with van der Waals surface area (Å²) in [6.07, 6.45) is 2.85. The molecule has 0 aromatic heterocycles. The molecular formula is C19H31N3O2. The number of rotatable bonds is 7. The molecule has 0 unspecified atom stereocenters. The van der Waals surface area contributed by atoms with E-state index in [0.29, 0.717) is 6.54 Å². The van der Waals surface area contributed by atoms with Crippen molar-refractivity contribution in [1.82, 2.24) is 10.6 Å². The van der Waals surface area contributed by atoms with E-state index in [1.54, 1.807) is 7.11 Å². The summed E-state index contributed by atoms with van der Waals surface area (Å²) in [6, 6.07) is 8.49. The largest absolute Gasteiger partial charge is 0.381 e. The third-order valence-corrected chi connectivity index (χ3v) is 4.67. The van der Waals surface area contributed by atoms with E-state index < -0.39 is 0 Å². The van der Waals surface area contributed by atoms with Crippen LogP contribution >= 0.6 is 0 Å². The zero-order valence-corrected chi connectivity index (χ0v) is 15.2. The number of nitrogens with zero attached hydrogens (tertiary/aromatic N) is 1. The van der Waals surface area contributed by atoms with Crippen molar-refractivity contribution in [3.05, 3.63) is 35.4 Å². The summed E-state index contributed by atoms with van der Waals surface area (Å²) in [4.78, 5) is 4.75. The van der Waals surface area contributed by atoms with Crippen LogP contribution in [0.2, 0.25) is 0 Å². The molecule has 2 rings (SSSR count). The Labute approximate surface area is 145 Å². The van der Waals surface area contributed by atoms with E-state index in [9.17, 15) is 0 Å². The van der Waals surface area contributed by atoms with Gasteiger partial charge in [0.05, 0.1) is 12.1 Å². The Morgan fingerprint density at radius 1 is 1.17 bits per heavy atom. The van der Waals surface area contributed by atoms with Crippen molar-refractivity contribution < 1.29 is 9.47 Å². The first-order valence-corrected chi connectivity index (χ1v) is 8.95. The normalized spacial score (nSPS) is 17.5. The molecule has 1 saturated heterocycles. The first kappa shape index (κ1) is 18.7. The quantitative estimate of drug-likeness (QED) is 0.595. The van der Waals surface area contributed by atoms with Crippen molar-refractivity contribution in [1.29, 1.82) is 0 Å². The number of guanidine groups is 1. The lowest BCUT2D eigenvalue weighted by Crippen LogP contribution is -2.50. The van der Waals surface area contributed by atoms with Gasteiger partial charge in [-0.2, -0.15) is 0 Å². The van der Waals surface area contributed by atoms with Gasteiger partial charge in [-0.25, -0.2) is 4.99 Å². The third kappa shape index (κ3) is 5.21. The minimum Gasteiger partial charge on any atom is -0.381 e. The van der Waals surface area contributed by atoms with Crippen LogP contribution in [-0.4, -0.2) is 45.0 Å². The molecule has 24 heavy (non-hydrogen) atoms. The van der Waals surface area contributed by atoms with Gasteiger partial charge in [-0.3, -0.25) is 0 Å². The number of hydrogen-bond acceptors (Lipinski definition) is 3. The van der Waals surface area contributed by atoms with Crippen molar-refractivity contribution in [3.8, 4) is 0 Å². The second kappa shape index (κ2) is 9.64. The first-order valence-electron chi connectivity index (χ1n) is 8.95. The molecule has 134 valence electrons. The van der Waals surface area contributed by atoms with Crippen LogP contribution in [0.3, 0.4) is 0 Å². The molecule has 1 aromatic carbocycles. The number of aliphatic imine (C=N–C) groups is 1. The van der Waals surface area contributed by atoms with E-state index >= 15 is 0 Å². The van der Waals surface area contributed by atoms with Crippen molar-refractivity contribution in [3.63, 3.8) is 0 Å². The van der Waals surface area contributed by atoms with Gasteiger partial charge < -0.3 is 20.1 Å². The lowest BCUT2D eigenvalue weighted by atomic mass is 9.94. The molecule has 1 aromatic rings. The minimum atomic E-state index is -0.157. The third-order valence-electron chi connectivity index (χ3n) is 4.67. The SMILES string of the molecule is CCNC(=NCc1ccccc1CC)NCC1(OC)CCOCC1. The minimum absolute atomic E-state index is 0.157. The first-order chi connectivity index (χ1) is 11.7. The van der Waals surface area contributed by atoms with E-state index in [1.807, 2.05) is 0 Å². The van der Waals surface area contributed by atoms with Gasteiger partial charge in [0, 0.05) is 46.3 Å². The van der Waals surface area contributed by atoms with Crippen molar-refractivity contribution in [2.75, 3.05) is 33.4 Å². The molecular weight excluding hydrogens is 302 g/mol. The Bertz CT molecular complexity index is 525. The van der Waals surface area contributed by atoms with Gasteiger partial charge in [-0.1, -0.05) is 31.2 Å². The molecule has 0 aliphatic carbocycles. The van der Waals surface area contributed by atoms with Crippen LogP contribution < -0.4 is 10.6 Å². The highest BCUT2D eigenvalue weighted by Crippen LogP contribution is 2.23. The predicted octanol–water partition coefficient (Wildman–Crippen LogP) is 2.50. The fourth-order valence-electron chi connectivity index (χ4n) is 3.00. The van der Waals surface area contributed by atoms with Gasteiger partial charge in [0.2, 0.25) is 0 Å². The maximum atomic E-state index is 5.78. The van der Waals surface area contributed by atoms with Gasteiger partial charge in [0.25, 0.3) is 0 Å². The summed E-state index contributed by atoms with van der Waals surface area (Å²) in [5.74, 6) is 0.839. The van der Waals surface area contributed by atoms with Crippen LogP contribution in [0.4, 0.5) is 0 Å². The smallest absolute Gasteiger partial charge is 0.191 e. The maximum absolute atomic E-state index is 5.78. The van der Waals surface area contributed by atoms with Crippen molar-refractivity contribution >= 4 is 5.96 Å². The molecule has 0 saturated carbocycles. The summed E-state index contributed by atoms with van der Waals surface area (Å²) < 4.78 is 11.2. The Morgan fingerprint density at radius 2 is 1.88 bits per heavy atom. The molecule has 0 bridgehead atoms. The number of methoxy groups -OCH3 is 1. The molecule has 1 aliphatic heterocycles. The highest BCUT2D eigenvalue weighted by molar-refractivity contribution is 5.79. The number of benzene rings is 1. The molecule has 0 radical (unpaired) electrons. The molecule has 5 nitrogen and oxygen atoms in total. The molecule has 0 atom stereocenters. The highest BCUT2D eigenvalue weighted by atomic mass is 16.5. The molecule has 2 N–H and O–H groups in total. The van der Waals surface area contributed by atoms with E-state index in [1.165, 1.54) is 11.1 Å². The van der Waals surface area contributed by atoms with E-state index in [2.05, 4.69) is 48.7 Å². The number of hydrogen-bond donors (Lipinski definition) is 2. The lowest BCUT2D eigenvalue weighted by molar-refractivity contribution is -0.0855. The predicted molar refractivity (Wildman–Crippen MR) is 98.4 cm³/mol. The Morgan fingerprint density at radius 3 is 2.50 bits per heavy atom. The Hall–Kier alpha value is -1.59. The molecule has 0 spiro atoms. The van der Waals surface area contributed by atoms with Crippen LogP contribution in [0.25, 0.3) is 0 Å². The summed E-state index contributed by atoms with van der Waals surface area (Å²) in [5, 5.41) is 6.77. The fraction of sp³-hybridized carbons (Fsp3) is 0.632. The zero-order chi connectivity index (χ0) is 17.3. The maximum Gasteiger partial charge on any atom is 0.191 e. The summed E-state index contributed by atoms with van der Waals surface area (Å²) >= 11 is 0. The Kier molecular flexibility index (Phi) is 7.53. The van der Waals surface area contributed by atoms with Crippen LogP contribution in [0.5, 0.6) is 0 Å². The van der Waals surface area contributed by atoms with Crippen molar-refractivity contribution in [2.45, 2.75) is 45.3 Å².